The fourth-order valence-corrected chi connectivity index (χ4v) is 3.03. The molecule has 1 saturated heterocycles. The Morgan fingerprint density at radius 2 is 1.96 bits per heavy atom. The normalized spacial score (nSPS) is 15.3. The second-order valence-electron chi connectivity index (χ2n) is 5.53. The van der Waals surface area contributed by atoms with Crippen molar-refractivity contribution in [3.05, 3.63) is 22.4 Å². The molecule has 1 aromatic rings. The van der Waals surface area contributed by atoms with Gasteiger partial charge in [0, 0.05) is 43.5 Å². The van der Waals surface area contributed by atoms with Crippen molar-refractivity contribution in [1.82, 2.24) is 15.5 Å². The largest absolute Gasteiger partial charge is 0.379 e. The van der Waals surface area contributed by atoms with Gasteiger partial charge in [0.2, 0.25) is 5.91 Å². The molecular weight excluding hydrogens is 314 g/mol. The van der Waals surface area contributed by atoms with Gasteiger partial charge in [0.05, 0.1) is 13.2 Å². The lowest BCUT2D eigenvalue weighted by molar-refractivity contribution is -0.121. The standard InChI is InChI=1S/C16H25N3O3S/c20-15(17-6-2-7-19-8-10-22-11-9-19)3-1-5-18-16(21)14-4-12-23-13-14/h4,12-13H,1-3,5-11H2,(H,17,20)(H,18,21). The van der Waals surface area contributed by atoms with Crippen molar-refractivity contribution in [1.29, 1.82) is 0 Å². The SMILES string of the molecule is O=C(CCCNC(=O)c1ccsc1)NCCCN1CCOCC1. The van der Waals surface area contributed by atoms with Crippen molar-refractivity contribution in [2.24, 2.45) is 0 Å². The summed E-state index contributed by atoms with van der Waals surface area (Å²) in [6, 6.07) is 1.79. The molecule has 0 atom stereocenters. The molecule has 0 bridgehead atoms. The molecule has 1 aliphatic heterocycles. The van der Waals surface area contributed by atoms with Gasteiger partial charge in [-0.15, -0.1) is 0 Å². The molecule has 1 aromatic heterocycles. The van der Waals surface area contributed by atoms with Crippen LogP contribution in [0.25, 0.3) is 0 Å². The highest BCUT2D eigenvalue weighted by atomic mass is 32.1. The Bertz CT molecular complexity index is 473. The van der Waals surface area contributed by atoms with Gasteiger partial charge in [0.1, 0.15) is 0 Å². The summed E-state index contributed by atoms with van der Waals surface area (Å²) in [5, 5.41) is 9.44. The maximum Gasteiger partial charge on any atom is 0.252 e. The van der Waals surface area contributed by atoms with Crippen molar-refractivity contribution in [2.45, 2.75) is 19.3 Å². The summed E-state index contributed by atoms with van der Waals surface area (Å²) in [4.78, 5) is 25.8. The number of thiophene rings is 1. The van der Waals surface area contributed by atoms with E-state index in [2.05, 4.69) is 15.5 Å². The van der Waals surface area contributed by atoms with Crippen LogP contribution in [0.5, 0.6) is 0 Å². The Balaban J connectivity index is 1.44. The minimum Gasteiger partial charge on any atom is -0.379 e. The quantitative estimate of drug-likeness (QED) is 0.661. The molecule has 0 saturated carbocycles. The summed E-state index contributed by atoms with van der Waals surface area (Å²) in [5.41, 5.74) is 0.683. The number of ether oxygens (including phenoxy) is 1. The first-order chi connectivity index (χ1) is 11.3. The molecule has 2 amide bonds. The van der Waals surface area contributed by atoms with E-state index in [1.807, 2.05) is 10.8 Å². The molecule has 7 heteroatoms. The average molecular weight is 339 g/mol. The van der Waals surface area contributed by atoms with Crippen LogP contribution < -0.4 is 10.6 Å². The second kappa shape index (κ2) is 10.4. The summed E-state index contributed by atoms with van der Waals surface area (Å²) in [6.45, 7) is 5.82. The van der Waals surface area contributed by atoms with Crippen LogP contribution in [0.2, 0.25) is 0 Å². The molecular formula is C16H25N3O3S. The molecule has 1 aliphatic rings. The first-order valence-corrected chi connectivity index (χ1v) is 9.07. The lowest BCUT2D eigenvalue weighted by Crippen LogP contribution is -2.38. The van der Waals surface area contributed by atoms with Crippen molar-refractivity contribution in [2.75, 3.05) is 45.9 Å². The molecule has 2 heterocycles. The Morgan fingerprint density at radius 1 is 1.17 bits per heavy atom. The first-order valence-electron chi connectivity index (χ1n) is 8.13. The highest BCUT2D eigenvalue weighted by Crippen LogP contribution is 2.05. The third kappa shape index (κ3) is 7.11. The zero-order chi connectivity index (χ0) is 16.3. The van der Waals surface area contributed by atoms with Crippen LogP contribution in [0.15, 0.2) is 16.8 Å². The number of nitrogens with one attached hydrogen (secondary N) is 2. The molecule has 0 aliphatic carbocycles. The smallest absolute Gasteiger partial charge is 0.252 e. The molecule has 0 unspecified atom stereocenters. The average Bonchev–Trinajstić information content (AvgIpc) is 3.11. The van der Waals surface area contributed by atoms with Gasteiger partial charge in [-0.05, 0) is 30.8 Å². The second-order valence-corrected chi connectivity index (χ2v) is 6.31. The van der Waals surface area contributed by atoms with Gasteiger partial charge in [-0.1, -0.05) is 0 Å². The fraction of sp³-hybridized carbons (Fsp3) is 0.625. The number of hydrogen-bond acceptors (Lipinski definition) is 5. The Kier molecular flexibility index (Phi) is 8.06. The van der Waals surface area contributed by atoms with Gasteiger partial charge < -0.3 is 15.4 Å². The number of carbonyl (C=O) groups is 2. The Labute approximate surface area is 141 Å². The Hall–Kier alpha value is -1.44. The molecule has 2 rings (SSSR count). The number of carbonyl (C=O) groups excluding carboxylic acids is 2. The summed E-state index contributed by atoms with van der Waals surface area (Å²) >= 11 is 1.50. The lowest BCUT2D eigenvalue weighted by atomic mass is 10.2. The van der Waals surface area contributed by atoms with E-state index in [-0.39, 0.29) is 11.8 Å². The van der Waals surface area contributed by atoms with Crippen molar-refractivity contribution in [3.63, 3.8) is 0 Å². The van der Waals surface area contributed by atoms with Gasteiger partial charge in [0.15, 0.2) is 0 Å². The topological polar surface area (TPSA) is 70.7 Å². The number of morpholine rings is 1. The zero-order valence-corrected chi connectivity index (χ0v) is 14.2. The van der Waals surface area contributed by atoms with Crippen LogP contribution in [0.1, 0.15) is 29.6 Å². The van der Waals surface area contributed by atoms with Crippen LogP contribution in [0.3, 0.4) is 0 Å². The van der Waals surface area contributed by atoms with Gasteiger partial charge in [-0.3, -0.25) is 14.5 Å². The van der Waals surface area contributed by atoms with Crippen LogP contribution in [0.4, 0.5) is 0 Å². The number of nitrogens with zero attached hydrogens (tertiary/aromatic N) is 1. The molecule has 1 fully saturated rings. The highest BCUT2D eigenvalue weighted by molar-refractivity contribution is 7.08. The van der Waals surface area contributed by atoms with E-state index in [1.54, 1.807) is 6.07 Å². The van der Waals surface area contributed by atoms with E-state index in [4.69, 9.17) is 4.74 Å². The summed E-state index contributed by atoms with van der Waals surface area (Å²) in [5.74, 6) is -0.0195. The predicted octanol–water partition coefficient (Wildman–Crippen LogP) is 1.10. The fourth-order valence-electron chi connectivity index (χ4n) is 2.39. The minimum absolute atomic E-state index is 0.0526. The van der Waals surface area contributed by atoms with Gasteiger partial charge in [-0.25, -0.2) is 0 Å². The number of amides is 2. The van der Waals surface area contributed by atoms with Gasteiger partial charge in [-0.2, -0.15) is 11.3 Å². The third-order valence-corrected chi connectivity index (χ3v) is 4.41. The predicted molar refractivity (Wildman–Crippen MR) is 90.8 cm³/mol. The van der Waals surface area contributed by atoms with Crippen LogP contribution in [0, 0.1) is 0 Å². The molecule has 0 spiro atoms. The van der Waals surface area contributed by atoms with Gasteiger partial charge in [0.25, 0.3) is 5.91 Å². The molecule has 2 N–H and O–H groups in total. The third-order valence-electron chi connectivity index (χ3n) is 3.73. The van der Waals surface area contributed by atoms with E-state index in [1.165, 1.54) is 11.3 Å². The van der Waals surface area contributed by atoms with Gasteiger partial charge >= 0.3 is 0 Å². The van der Waals surface area contributed by atoms with E-state index >= 15 is 0 Å². The first kappa shape index (κ1) is 17.9. The van der Waals surface area contributed by atoms with Crippen molar-refractivity contribution >= 4 is 23.2 Å². The summed E-state index contributed by atoms with van der Waals surface area (Å²) < 4.78 is 5.30. The van der Waals surface area contributed by atoms with E-state index < -0.39 is 0 Å². The number of hydrogen-bond donors (Lipinski definition) is 2. The van der Waals surface area contributed by atoms with E-state index in [0.29, 0.717) is 31.5 Å². The van der Waals surface area contributed by atoms with E-state index in [9.17, 15) is 9.59 Å². The maximum absolute atomic E-state index is 11.7. The van der Waals surface area contributed by atoms with Crippen molar-refractivity contribution < 1.29 is 14.3 Å². The number of rotatable bonds is 9. The van der Waals surface area contributed by atoms with E-state index in [0.717, 1.165) is 39.3 Å². The zero-order valence-electron chi connectivity index (χ0n) is 13.4. The maximum atomic E-state index is 11.7. The molecule has 128 valence electrons. The van der Waals surface area contributed by atoms with Crippen molar-refractivity contribution in [3.8, 4) is 0 Å². The monoisotopic (exact) mass is 339 g/mol. The minimum atomic E-state index is -0.0721. The molecule has 23 heavy (non-hydrogen) atoms. The molecule has 0 aromatic carbocycles. The summed E-state index contributed by atoms with van der Waals surface area (Å²) in [6.07, 6.45) is 2.06. The summed E-state index contributed by atoms with van der Waals surface area (Å²) in [7, 11) is 0. The van der Waals surface area contributed by atoms with Crippen LogP contribution in [-0.4, -0.2) is 62.7 Å². The molecule has 6 nitrogen and oxygen atoms in total. The van der Waals surface area contributed by atoms with Crippen LogP contribution >= 0.6 is 11.3 Å². The highest BCUT2D eigenvalue weighted by Gasteiger charge is 2.09. The Morgan fingerprint density at radius 3 is 2.70 bits per heavy atom. The lowest BCUT2D eigenvalue weighted by Gasteiger charge is -2.26. The molecule has 0 radical (unpaired) electrons. The van der Waals surface area contributed by atoms with Crippen LogP contribution in [-0.2, 0) is 9.53 Å².